The Morgan fingerprint density at radius 3 is 2.68 bits per heavy atom. The molecule has 1 aromatic carbocycles. The summed E-state index contributed by atoms with van der Waals surface area (Å²) in [7, 11) is -3.42. The molecule has 7 heteroatoms. The van der Waals surface area contributed by atoms with Crippen LogP contribution in [0.3, 0.4) is 0 Å². The lowest BCUT2D eigenvalue weighted by molar-refractivity contribution is 0.102. The van der Waals surface area contributed by atoms with Crippen molar-refractivity contribution >= 4 is 21.4 Å². The summed E-state index contributed by atoms with van der Waals surface area (Å²) < 4.78 is 24.2. The smallest absolute Gasteiger partial charge is 0.255 e. The van der Waals surface area contributed by atoms with Crippen molar-refractivity contribution in [3.8, 4) is 0 Å². The molecule has 114 valence electrons. The molecule has 3 rings (SSSR count). The first kappa shape index (κ1) is 14.7. The van der Waals surface area contributed by atoms with Crippen LogP contribution in [0.2, 0.25) is 0 Å². The Labute approximate surface area is 128 Å². The number of pyridine rings is 1. The molecule has 0 fully saturated rings. The molecule has 0 bridgehead atoms. The van der Waals surface area contributed by atoms with Gasteiger partial charge in [0.25, 0.3) is 5.91 Å². The fourth-order valence-electron chi connectivity index (χ4n) is 2.56. The summed E-state index contributed by atoms with van der Waals surface area (Å²) in [6.07, 6.45) is 3.13. The van der Waals surface area contributed by atoms with Gasteiger partial charge in [-0.3, -0.25) is 9.78 Å². The topological polar surface area (TPSA) is 102 Å². The van der Waals surface area contributed by atoms with Gasteiger partial charge in [0.15, 0.2) is 9.84 Å². The van der Waals surface area contributed by atoms with Crippen LogP contribution in [0.25, 0.3) is 0 Å². The molecular weight excluding hydrogens is 302 g/mol. The van der Waals surface area contributed by atoms with Crippen molar-refractivity contribution in [3.63, 3.8) is 0 Å². The van der Waals surface area contributed by atoms with Crippen LogP contribution in [-0.2, 0) is 9.84 Å². The zero-order valence-corrected chi connectivity index (χ0v) is 12.7. The van der Waals surface area contributed by atoms with Crippen LogP contribution >= 0.6 is 0 Å². The van der Waals surface area contributed by atoms with E-state index in [2.05, 4.69) is 10.3 Å². The summed E-state index contributed by atoms with van der Waals surface area (Å²) in [5.41, 5.74) is 8.05. The molecule has 1 amide bonds. The minimum absolute atomic E-state index is 0.114. The first-order chi connectivity index (χ1) is 10.4. The number of hydrogen-bond acceptors (Lipinski definition) is 5. The average molecular weight is 317 g/mol. The molecule has 22 heavy (non-hydrogen) atoms. The highest BCUT2D eigenvalue weighted by Gasteiger charge is 2.33. The van der Waals surface area contributed by atoms with Crippen LogP contribution in [-0.4, -0.2) is 25.1 Å². The predicted molar refractivity (Wildman–Crippen MR) is 82.4 cm³/mol. The number of carbonyl (C=O) groups excluding carboxylic acids is 1. The largest absolute Gasteiger partial charge is 0.323 e. The Kier molecular flexibility index (Phi) is 3.46. The molecule has 2 heterocycles. The van der Waals surface area contributed by atoms with Crippen molar-refractivity contribution in [1.82, 2.24) is 4.98 Å². The van der Waals surface area contributed by atoms with Crippen LogP contribution < -0.4 is 11.1 Å². The second kappa shape index (κ2) is 5.19. The lowest BCUT2D eigenvalue weighted by atomic mass is 10.0. The second-order valence-electron chi connectivity index (χ2n) is 5.28. The molecule has 2 aromatic rings. The SMILES string of the molecule is Cc1cc2c(cc1C(=O)Nc1ccncc1)S(=O)(=O)C[C@@H]2N. The zero-order chi connectivity index (χ0) is 15.9. The molecule has 0 spiro atoms. The van der Waals surface area contributed by atoms with E-state index in [9.17, 15) is 13.2 Å². The summed E-state index contributed by atoms with van der Waals surface area (Å²) in [5.74, 6) is -0.473. The molecule has 1 aromatic heterocycles. The molecule has 0 aliphatic carbocycles. The number of sulfone groups is 1. The maximum Gasteiger partial charge on any atom is 0.255 e. The summed E-state index contributed by atoms with van der Waals surface area (Å²) in [6, 6.07) is 5.90. The van der Waals surface area contributed by atoms with Gasteiger partial charge < -0.3 is 11.1 Å². The van der Waals surface area contributed by atoms with Crippen molar-refractivity contribution in [2.45, 2.75) is 17.9 Å². The van der Waals surface area contributed by atoms with E-state index in [-0.39, 0.29) is 16.6 Å². The zero-order valence-electron chi connectivity index (χ0n) is 11.9. The molecule has 0 radical (unpaired) electrons. The minimum Gasteiger partial charge on any atom is -0.323 e. The Hall–Kier alpha value is -2.25. The fraction of sp³-hybridized carbons (Fsp3) is 0.200. The number of anilines is 1. The maximum atomic E-state index is 12.4. The van der Waals surface area contributed by atoms with Crippen LogP contribution in [0, 0.1) is 6.92 Å². The van der Waals surface area contributed by atoms with Crippen LogP contribution in [0.1, 0.15) is 27.5 Å². The first-order valence-corrected chi connectivity index (χ1v) is 8.38. The third-order valence-electron chi connectivity index (χ3n) is 3.67. The fourth-order valence-corrected chi connectivity index (χ4v) is 4.26. The highest BCUT2D eigenvalue weighted by Crippen LogP contribution is 2.34. The van der Waals surface area contributed by atoms with Crippen molar-refractivity contribution in [3.05, 3.63) is 53.3 Å². The standard InChI is InChI=1S/C15H15N3O3S/c1-9-6-12-13(16)8-22(20,21)14(12)7-11(9)15(19)18-10-2-4-17-5-3-10/h2-7,13H,8,16H2,1H3,(H,17,18,19)/t13-/m0/s1. The Bertz CT molecular complexity index is 848. The Morgan fingerprint density at radius 2 is 2.00 bits per heavy atom. The van der Waals surface area contributed by atoms with E-state index in [1.165, 1.54) is 6.07 Å². The molecule has 0 saturated heterocycles. The quantitative estimate of drug-likeness (QED) is 0.872. The Morgan fingerprint density at radius 1 is 1.32 bits per heavy atom. The average Bonchev–Trinajstić information content (AvgIpc) is 2.68. The molecule has 0 saturated carbocycles. The number of nitrogens with zero attached hydrogens (tertiary/aromatic N) is 1. The van der Waals surface area contributed by atoms with Crippen molar-refractivity contribution in [2.75, 3.05) is 11.1 Å². The number of carbonyl (C=O) groups is 1. The molecule has 6 nitrogen and oxygen atoms in total. The number of amides is 1. The number of aryl methyl sites for hydroxylation is 1. The second-order valence-corrected chi connectivity index (χ2v) is 7.29. The number of nitrogens with one attached hydrogen (secondary N) is 1. The highest BCUT2D eigenvalue weighted by atomic mass is 32.2. The number of aromatic nitrogens is 1. The number of nitrogens with two attached hydrogens (primary N) is 1. The lowest BCUT2D eigenvalue weighted by Crippen LogP contribution is -2.14. The van der Waals surface area contributed by atoms with Gasteiger partial charge in [0, 0.05) is 29.7 Å². The van der Waals surface area contributed by atoms with E-state index in [4.69, 9.17) is 5.73 Å². The molecule has 0 unspecified atom stereocenters. The van der Waals surface area contributed by atoms with Gasteiger partial charge in [-0.15, -0.1) is 0 Å². The van der Waals surface area contributed by atoms with Gasteiger partial charge in [0.2, 0.25) is 0 Å². The van der Waals surface area contributed by atoms with Gasteiger partial charge in [0.1, 0.15) is 0 Å². The molecule has 1 atom stereocenters. The monoisotopic (exact) mass is 317 g/mol. The molecular formula is C15H15N3O3S. The summed E-state index contributed by atoms with van der Waals surface area (Å²) in [6.45, 7) is 1.76. The van der Waals surface area contributed by atoms with Crippen LogP contribution in [0.5, 0.6) is 0 Å². The first-order valence-electron chi connectivity index (χ1n) is 6.73. The van der Waals surface area contributed by atoms with Crippen LogP contribution in [0.4, 0.5) is 5.69 Å². The number of rotatable bonds is 2. The van der Waals surface area contributed by atoms with E-state index >= 15 is 0 Å². The normalized spacial score (nSPS) is 18.7. The van der Waals surface area contributed by atoms with Gasteiger partial charge in [-0.05, 0) is 36.2 Å². The van der Waals surface area contributed by atoms with Gasteiger partial charge in [-0.2, -0.15) is 0 Å². The van der Waals surface area contributed by atoms with E-state index < -0.39 is 15.9 Å². The van der Waals surface area contributed by atoms with E-state index in [0.717, 1.165) is 0 Å². The summed E-state index contributed by atoms with van der Waals surface area (Å²) >= 11 is 0. The predicted octanol–water partition coefficient (Wildman–Crippen LogP) is 1.43. The van der Waals surface area contributed by atoms with E-state index in [0.29, 0.717) is 22.4 Å². The lowest BCUT2D eigenvalue weighted by Gasteiger charge is -2.10. The van der Waals surface area contributed by atoms with Crippen molar-refractivity contribution < 1.29 is 13.2 Å². The molecule has 1 aliphatic rings. The van der Waals surface area contributed by atoms with Gasteiger partial charge in [-0.25, -0.2) is 8.42 Å². The summed E-state index contributed by atoms with van der Waals surface area (Å²) in [4.78, 5) is 16.4. The van der Waals surface area contributed by atoms with Crippen molar-refractivity contribution in [2.24, 2.45) is 5.73 Å². The van der Waals surface area contributed by atoms with Crippen LogP contribution in [0.15, 0.2) is 41.6 Å². The third kappa shape index (κ3) is 2.49. The molecule has 3 N–H and O–H groups in total. The maximum absolute atomic E-state index is 12.4. The minimum atomic E-state index is -3.42. The Balaban J connectivity index is 2.01. The van der Waals surface area contributed by atoms with Gasteiger partial charge >= 0.3 is 0 Å². The number of benzene rings is 1. The number of fused-ring (bicyclic) bond motifs is 1. The van der Waals surface area contributed by atoms with E-state index in [1.54, 1.807) is 37.5 Å². The third-order valence-corrected chi connectivity index (χ3v) is 5.49. The van der Waals surface area contributed by atoms with E-state index in [1.807, 2.05) is 0 Å². The van der Waals surface area contributed by atoms with Gasteiger partial charge in [-0.1, -0.05) is 6.07 Å². The molecule has 1 aliphatic heterocycles. The highest BCUT2D eigenvalue weighted by molar-refractivity contribution is 7.91. The number of hydrogen-bond donors (Lipinski definition) is 2. The van der Waals surface area contributed by atoms with Gasteiger partial charge in [0.05, 0.1) is 10.6 Å². The van der Waals surface area contributed by atoms with Crippen molar-refractivity contribution in [1.29, 1.82) is 0 Å². The summed E-state index contributed by atoms with van der Waals surface area (Å²) in [5, 5.41) is 2.72.